The first kappa shape index (κ1) is 16.0. The van der Waals surface area contributed by atoms with Crippen molar-refractivity contribution in [2.45, 2.75) is 39.8 Å². The van der Waals surface area contributed by atoms with E-state index in [1.807, 2.05) is 6.07 Å². The molecule has 1 atom stereocenters. The maximum atomic E-state index is 6.09. The van der Waals surface area contributed by atoms with E-state index in [-0.39, 0.29) is 6.04 Å². The Bertz CT molecular complexity index is 390. The van der Waals surface area contributed by atoms with Gasteiger partial charge in [-0.3, -0.25) is 0 Å². The number of hydrogen-bond acceptors (Lipinski definition) is 3. The number of hydrogen-bond donors (Lipinski definition) is 1. The van der Waals surface area contributed by atoms with Gasteiger partial charge >= 0.3 is 0 Å². The standard InChI is InChI=1S/C16H28N2O/c1-12(2)15(17)8-9-18(4)11-14-10-13(3)6-7-16(14)19-5/h6-7,10,12,15H,8-9,11,17H2,1-5H3. The van der Waals surface area contributed by atoms with E-state index < -0.39 is 0 Å². The van der Waals surface area contributed by atoms with Crippen molar-refractivity contribution >= 4 is 0 Å². The summed E-state index contributed by atoms with van der Waals surface area (Å²) in [6.07, 6.45) is 1.03. The van der Waals surface area contributed by atoms with Gasteiger partial charge in [-0.1, -0.05) is 31.5 Å². The molecule has 0 aliphatic rings. The molecule has 0 saturated heterocycles. The highest BCUT2D eigenvalue weighted by Crippen LogP contribution is 2.21. The van der Waals surface area contributed by atoms with Crippen molar-refractivity contribution in [3.63, 3.8) is 0 Å². The van der Waals surface area contributed by atoms with E-state index >= 15 is 0 Å². The number of nitrogens with two attached hydrogens (primary N) is 1. The predicted octanol–water partition coefficient (Wildman–Crippen LogP) is 2.81. The molecule has 1 unspecified atom stereocenters. The number of nitrogens with zero attached hydrogens (tertiary/aromatic N) is 1. The molecule has 108 valence electrons. The first-order valence-electron chi connectivity index (χ1n) is 7.01. The highest BCUT2D eigenvalue weighted by Gasteiger charge is 2.11. The lowest BCUT2D eigenvalue weighted by atomic mass is 10.0. The van der Waals surface area contributed by atoms with Crippen LogP contribution in [0.15, 0.2) is 18.2 Å². The molecule has 0 radical (unpaired) electrons. The molecule has 2 N–H and O–H groups in total. The van der Waals surface area contributed by atoms with E-state index in [0.717, 1.165) is 25.3 Å². The van der Waals surface area contributed by atoms with Crippen LogP contribution in [0.3, 0.4) is 0 Å². The van der Waals surface area contributed by atoms with Gasteiger partial charge in [0.05, 0.1) is 7.11 Å². The largest absolute Gasteiger partial charge is 0.496 e. The van der Waals surface area contributed by atoms with E-state index in [9.17, 15) is 0 Å². The van der Waals surface area contributed by atoms with Crippen molar-refractivity contribution in [1.82, 2.24) is 4.90 Å². The Morgan fingerprint density at radius 3 is 2.58 bits per heavy atom. The number of rotatable bonds is 7. The second-order valence-electron chi connectivity index (χ2n) is 5.75. The maximum absolute atomic E-state index is 6.09. The molecule has 0 saturated carbocycles. The zero-order chi connectivity index (χ0) is 14.4. The third kappa shape index (κ3) is 5.21. The van der Waals surface area contributed by atoms with Gasteiger partial charge < -0.3 is 15.4 Å². The highest BCUT2D eigenvalue weighted by atomic mass is 16.5. The van der Waals surface area contributed by atoms with Crippen LogP contribution in [0.25, 0.3) is 0 Å². The minimum absolute atomic E-state index is 0.279. The minimum atomic E-state index is 0.279. The fourth-order valence-corrected chi connectivity index (χ4v) is 2.10. The summed E-state index contributed by atoms with van der Waals surface area (Å²) in [6.45, 7) is 8.37. The molecule has 1 aromatic rings. The fraction of sp³-hybridized carbons (Fsp3) is 0.625. The summed E-state index contributed by atoms with van der Waals surface area (Å²) < 4.78 is 5.41. The second-order valence-corrected chi connectivity index (χ2v) is 5.75. The van der Waals surface area contributed by atoms with Gasteiger partial charge in [-0.2, -0.15) is 0 Å². The number of methoxy groups -OCH3 is 1. The van der Waals surface area contributed by atoms with E-state index in [1.54, 1.807) is 7.11 Å². The molecule has 0 aliphatic heterocycles. The van der Waals surface area contributed by atoms with Crippen LogP contribution < -0.4 is 10.5 Å². The molecule has 0 fully saturated rings. The molecular formula is C16H28N2O. The number of benzene rings is 1. The van der Waals surface area contributed by atoms with Gasteiger partial charge in [0.25, 0.3) is 0 Å². The Kier molecular flexibility index (Phi) is 6.32. The van der Waals surface area contributed by atoms with Crippen molar-refractivity contribution in [3.8, 4) is 5.75 Å². The van der Waals surface area contributed by atoms with Crippen LogP contribution >= 0.6 is 0 Å². The van der Waals surface area contributed by atoms with Crippen LogP contribution in [0.1, 0.15) is 31.4 Å². The van der Waals surface area contributed by atoms with Gasteiger partial charge in [0.15, 0.2) is 0 Å². The monoisotopic (exact) mass is 264 g/mol. The van der Waals surface area contributed by atoms with E-state index in [0.29, 0.717) is 5.92 Å². The van der Waals surface area contributed by atoms with Gasteiger partial charge in [-0.15, -0.1) is 0 Å². The second kappa shape index (κ2) is 7.51. The highest BCUT2D eigenvalue weighted by molar-refractivity contribution is 5.36. The van der Waals surface area contributed by atoms with Crippen molar-refractivity contribution in [2.24, 2.45) is 11.7 Å². The zero-order valence-electron chi connectivity index (χ0n) is 12.9. The van der Waals surface area contributed by atoms with Crippen LogP contribution in [0.4, 0.5) is 0 Å². The van der Waals surface area contributed by atoms with E-state index in [2.05, 4.69) is 44.9 Å². The zero-order valence-corrected chi connectivity index (χ0v) is 12.9. The van der Waals surface area contributed by atoms with Crippen molar-refractivity contribution in [3.05, 3.63) is 29.3 Å². The van der Waals surface area contributed by atoms with Crippen LogP contribution in [0.2, 0.25) is 0 Å². The quantitative estimate of drug-likeness (QED) is 0.823. The SMILES string of the molecule is COc1ccc(C)cc1CN(C)CCC(N)C(C)C. The maximum Gasteiger partial charge on any atom is 0.123 e. The normalized spacial score (nSPS) is 13.1. The number of aryl methyl sites for hydroxylation is 1. The molecule has 0 aliphatic carbocycles. The topological polar surface area (TPSA) is 38.5 Å². The molecule has 0 amide bonds. The van der Waals surface area contributed by atoms with Crippen LogP contribution in [-0.4, -0.2) is 31.6 Å². The van der Waals surface area contributed by atoms with E-state index in [1.165, 1.54) is 11.1 Å². The Morgan fingerprint density at radius 1 is 1.32 bits per heavy atom. The van der Waals surface area contributed by atoms with Gasteiger partial charge in [0.1, 0.15) is 5.75 Å². The lowest BCUT2D eigenvalue weighted by Crippen LogP contribution is -2.31. The van der Waals surface area contributed by atoms with Crippen molar-refractivity contribution in [1.29, 1.82) is 0 Å². The third-order valence-electron chi connectivity index (χ3n) is 3.58. The average molecular weight is 264 g/mol. The van der Waals surface area contributed by atoms with Gasteiger partial charge in [0.2, 0.25) is 0 Å². The summed E-state index contributed by atoms with van der Waals surface area (Å²) in [5.41, 5.74) is 8.59. The Hall–Kier alpha value is -1.06. The molecule has 0 heterocycles. The lowest BCUT2D eigenvalue weighted by Gasteiger charge is -2.22. The molecule has 0 bridgehead atoms. The third-order valence-corrected chi connectivity index (χ3v) is 3.58. The van der Waals surface area contributed by atoms with Crippen LogP contribution in [0, 0.1) is 12.8 Å². The molecule has 1 aromatic carbocycles. The first-order valence-corrected chi connectivity index (χ1v) is 7.01. The Balaban J connectivity index is 2.56. The molecule has 1 rings (SSSR count). The van der Waals surface area contributed by atoms with E-state index in [4.69, 9.17) is 10.5 Å². The predicted molar refractivity (Wildman–Crippen MR) is 81.5 cm³/mol. The molecule has 0 aromatic heterocycles. The summed E-state index contributed by atoms with van der Waals surface area (Å²) in [4.78, 5) is 2.31. The lowest BCUT2D eigenvalue weighted by molar-refractivity contribution is 0.291. The van der Waals surface area contributed by atoms with Gasteiger partial charge in [-0.05, 0) is 38.9 Å². The minimum Gasteiger partial charge on any atom is -0.496 e. The van der Waals surface area contributed by atoms with Crippen molar-refractivity contribution in [2.75, 3.05) is 20.7 Å². The summed E-state index contributed by atoms with van der Waals surface area (Å²) in [7, 11) is 3.86. The molecule has 0 spiro atoms. The number of ether oxygens (including phenoxy) is 1. The Morgan fingerprint density at radius 2 is 2.00 bits per heavy atom. The molecular weight excluding hydrogens is 236 g/mol. The van der Waals surface area contributed by atoms with Crippen LogP contribution in [-0.2, 0) is 6.54 Å². The summed E-state index contributed by atoms with van der Waals surface area (Å²) in [5.74, 6) is 1.51. The molecule has 3 nitrogen and oxygen atoms in total. The van der Waals surface area contributed by atoms with Crippen LogP contribution in [0.5, 0.6) is 5.75 Å². The molecule has 3 heteroatoms. The van der Waals surface area contributed by atoms with Gasteiger partial charge in [0, 0.05) is 18.2 Å². The first-order chi connectivity index (χ1) is 8.93. The summed E-state index contributed by atoms with van der Waals surface area (Å²) >= 11 is 0. The van der Waals surface area contributed by atoms with Crippen molar-refractivity contribution < 1.29 is 4.74 Å². The molecule has 19 heavy (non-hydrogen) atoms. The summed E-state index contributed by atoms with van der Waals surface area (Å²) in [5, 5.41) is 0. The summed E-state index contributed by atoms with van der Waals surface area (Å²) in [6, 6.07) is 6.59. The van der Waals surface area contributed by atoms with Gasteiger partial charge in [-0.25, -0.2) is 0 Å². The fourth-order valence-electron chi connectivity index (χ4n) is 2.10. The average Bonchev–Trinajstić information content (AvgIpc) is 2.36. The Labute approximate surface area is 117 Å². The smallest absolute Gasteiger partial charge is 0.123 e.